The summed E-state index contributed by atoms with van der Waals surface area (Å²) in [5.41, 5.74) is 3.07. The fourth-order valence-corrected chi connectivity index (χ4v) is 1.41. The van der Waals surface area contributed by atoms with Crippen LogP contribution in [0.1, 0.15) is 5.56 Å². The Hall–Kier alpha value is -1.54. The number of hydrogen-bond acceptors (Lipinski definition) is 2. The Morgan fingerprint density at radius 1 is 1.13 bits per heavy atom. The number of anilines is 2. The lowest BCUT2D eigenvalue weighted by Gasteiger charge is -2.07. The summed E-state index contributed by atoms with van der Waals surface area (Å²) in [5, 5.41) is 3.88. The Morgan fingerprint density at radius 3 is 2.53 bits per heavy atom. The SMILES string of the molecule is Cc1ccc(Nc2cnccc2Cl)cc1. The summed E-state index contributed by atoms with van der Waals surface area (Å²) in [7, 11) is 0. The van der Waals surface area contributed by atoms with E-state index in [4.69, 9.17) is 11.6 Å². The molecule has 0 amide bonds. The van der Waals surface area contributed by atoms with Crippen molar-refractivity contribution in [3.8, 4) is 0 Å². The van der Waals surface area contributed by atoms with Gasteiger partial charge in [-0.25, -0.2) is 0 Å². The second-order valence-corrected chi connectivity index (χ2v) is 3.75. The standard InChI is InChI=1S/C12H11ClN2/c1-9-2-4-10(5-3-9)15-12-8-14-7-6-11(12)13/h2-8,15H,1H3. The molecule has 0 atom stereocenters. The van der Waals surface area contributed by atoms with Gasteiger partial charge in [0, 0.05) is 11.9 Å². The molecule has 76 valence electrons. The van der Waals surface area contributed by atoms with Crippen LogP contribution in [0.15, 0.2) is 42.7 Å². The third-order valence-electron chi connectivity index (χ3n) is 2.10. The summed E-state index contributed by atoms with van der Waals surface area (Å²) in [6.07, 6.45) is 3.38. The highest BCUT2D eigenvalue weighted by Gasteiger charge is 1.99. The summed E-state index contributed by atoms with van der Waals surface area (Å²) < 4.78 is 0. The molecule has 0 aliphatic heterocycles. The van der Waals surface area contributed by atoms with Crippen molar-refractivity contribution in [1.29, 1.82) is 0 Å². The van der Waals surface area contributed by atoms with Crippen molar-refractivity contribution in [2.45, 2.75) is 6.92 Å². The first-order valence-electron chi connectivity index (χ1n) is 4.69. The zero-order chi connectivity index (χ0) is 10.7. The average Bonchev–Trinajstić information content (AvgIpc) is 2.25. The van der Waals surface area contributed by atoms with Gasteiger partial charge in [0.2, 0.25) is 0 Å². The molecule has 2 aromatic rings. The smallest absolute Gasteiger partial charge is 0.0760 e. The van der Waals surface area contributed by atoms with Crippen molar-refractivity contribution >= 4 is 23.0 Å². The Labute approximate surface area is 93.9 Å². The second kappa shape index (κ2) is 4.32. The number of nitrogens with one attached hydrogen (secondary N) is 1. The molecular weight excluding hydrogens is 208 g/mol. The zero-order valence-electron chi connectivity index (χ0n) is 8.37. The van der Waals surface area contributed by atoms with Crippen LogP contribution in [0, 0.1) is 6.92 Å². The number of aryl methyl sites for hydroxylation is 1. The molecule has 1 aromatic heterocycles. The molecular formula is C12H11ClN2. The lowest BCUT2D eigenvalue weighted by molar-refractivity contribution is 1.32. The van der Waals surface area contributed by atoms with Crippen LogP contribution >= 0.6 is 11.6 Å². The molecule has 0 spiro atoms. The lowest BCUT2D eigenvalue weighted by atomic mass is 10.2. The van der Waals surface area contributed by atoms with Gasteiger partial charge in [0.1, 0.15) is 0 Å². The van der Waals surface area contributed by atoms with Crippen LogP contribution in [-0.4, -0.2) is 4.98 Å². The fraction of sp³-hybridized carbons (Fsp3) is 0.0833. The molecule has 15 heavy (non-hydrogen) atoms. The van der Waals surface area contributed by atoms with E-state index < -0.39 is 0 Å². The highest BCUT2D eigenvalue weighted by atomic mass is 35.5. The van der Waals surface area contributed by atoms with E-state index in [2.05, 4.69) is 17.2 Å². The molecule has 2 rings (SSSR count). The molecule has 0 saturated heterocycles. The van der Waals surface area contributed by atoms with Crippen LogP contribution in [0.25, 0.3) is 0 Å². The number of halogens is 1. The van der Waals surface area contributed by atoms with Gasteiger partial charge in [-0.15, -0.1) is 0 Å². The van der Waals surface area contributed by atoms with E-state index in [0.717, 1.165) is 11.4 Å². The summed E-state index contributed by atoms with van der Waals surface area (Å²) >= 11 is 6.00. The van der Waals surface area contributed by atoms with Crippen LogP contribution in [0.2, 0.25) is 5.02 Å². The molecule has 0 bridgehead atoms. The third-order valence-corrected chi connectivity index (χ3v) is 2.43. The molecule has 0 aliphatic carbocycles. The predicted octanol–water partition coefficient (Wildman–Crippen LogP) is 3.79. The first-order chi connectivity index (χ1) is 7.25. The number of aromatic nitrogens is 1. The number of nitrogens with zero attached hydrogens (tertiary/aromatic N) is 1. The molecule has 1 aromatic carbocycles. The highest BCUT2D eigenvalue weighted by molar-refractivity contribution is 6.33. The molecule has 0 unspecified atom stereocenters. The molecule has 0 aliphatic rings. The van der Waals surface area contributed by atoms with Crippen LogP contribution in [0.3, 0.4) is 0 Å². The van der Waals surface area contributed by atoms with Gasteiger partial charge in [-0.1, -0.05) is 29.3 Å². The average molecular weight is 219 g/mol. The van der Waals surface area contributed by atoms with Gasteiger partial charge in [-0.2, -0.15) is 0 Å². The van der Waals surface area contributed by atoms with Crippen LogP contribution < -0.4 is 5.32 Å². The monoisotopic (exact) mass is 218 g/mol. The summed E-state index contributed by atoms with van der Waals surface area (Å²) in [4.78, 5) is 4.01. The summed E-state index contributed by atoms with van der Waals surface area (Å²) in [5.74, 6) is 0. The van der Waals surface area contributed by atoms with Crippen LogP contribution in [-0.2, 0) is 0 Å². The van der Waals surface area contributed by atoms with E-state index in [1.54, 1.807) is 18.5 Å². The number of benzene rings is 1. The molecule has 0 fully saturated rings. The quantitative estimate of drug-likeness (QED) is 0.830. The summed E-state index contributed by atoms with van der Waals surface area (Å²) in [6, 6.07) is 9.88. The minimum Gasteiger partial charge on any atom is -0.353 e. The lowest BCUT2D eigenvalue weighted by Crippen LogP contribution is -1.91. The normalized spacial score (nSPS) is 10.0. The van der Waals surface area contributed by atoms with Gasteiger partial charge in [-0.05, 0) is 25.1 Å². The number of rotatable bonds is 2. The van der Waals surface area contributed by atoms with E-state index in [9.17, 15) is 0 Å². The first-order valence-corrected chi connectivity index (χ1v) is 5.07. The van der Waals surface area contributed by atoms with Crippen molar-refractivity contribution < 1.29 is 0 Å². The van der Waals surface area contributed by atoms with Gasteiger partial charge >= 0.3 is 0 Å². The molecule has 2 nitrogen and oxygen atoms in total. The predicted molar refractivity (Wildman–Crippen MR) is 63.7 cm³/mol. The third kappa shape index (κ3) is 2.48. The first kappa shape index (κ1) is 9.99. The van der Waals surface area contributed by atoms with Gasteiger partial charge in [0.15, 0.2) is 0 Å². The Bertz CT molecular complexity index is 451. The van der Waals surface area contributed by atoms with Crippen molar-refractivity contribution in [1.82, 2.24) is 4.98 Å². The van der Waals surface area contributed by atoms with E-state index >= 15 is 0 Å². The van der Waals surface area contributed by atoms with Gasteiger partial charge in [0.25, 0.3) is 0 Å². The number of hydrogen-bond donors (Lipinski definition) is 1. The fourth-order valence-electron chi connectivity index (χ4n) is 1.26. The zero-order valence-corrected chi connectivity index (χ0v) is 9.12. The van der Waals surface area contributed by atoms with E-state index in [1.165, 1.54) is 5.56 Å². The minimum absolute atomic E-state index is 0.672. The van der Waals surface area contributed by atoms with Crippen molar-refractivity contribution in [2.24, 2.45) is 0 Å². The maximum atomic E-state index is 6.00. The van der Waals surface area contributed by atoms with E-state index in [0.29, 0.717) is 5.02 Å². The van der Waals surface area contributed by atoms with Crippen molar-refractivity contribution in [3.63, 3.8) is 0 Å². The maximum absolute atomic E-state index is 6.00. The van der Waals surface area contributed by atoms with Crippen molar-refractivity contribution in [3.05, 3.63) is 53.3 Å². The molecule has 1 heterocycles. The number of pyridine rings is 1. The Morgan fingerprint density at radius 2 is 1.87 bits per heavy atom. The highest BCUT2D eigenvalue weighted by Crippen LogP contribution is 2.23. The Balaban J connectivity index is 2.22. The Kier molecular flexibility index (Phi) is 2.88. The van der Waals surface area contributed by atoms with Crippen molar-refractivity contribution in [2.75, 3.05) is 5.32 Å². The summed E-state index contributed by atoms with van der Waals surface area (Å²) in [6.45, 7) is 2.06. The molecule has 0 saturated carbocycles. The molecule has 3 heteroatoms. The van der Waals surface area contributed by atoms with Crippen LogP contribution in [0.5, 0.6) is 0 Å². The van der Waals surface area contributed by atoms with Gasteiger partial charge < -0.3 is 5.32 Å². The largest absolute Gasteiger partial charge is 0.353 e. The van der Waals surface area contributed by atoms with E-state index in [1.807, 2.05) is 24.3 Å². The van der Waals surface area contributed by atoms with E-state index in [-0.39, 0.29) is 0 Å². The molecule has 1 N–H and O–H groups in total. The topological polar surface area (TPSA) is 24.9 Å². The minimum atomic E-state index is 0.672. The maximum Gasteiger partial charge on any atom is 0.0760 e. The van der Waals surface area contributed by atoms with Crippen LogP contribution in [0.4, 0.5) is 11.4 Å². The molecule has 0 radical (unpaired) electrons. The van der Waals surface area contributed by atoms with Gasteiger partial charge in [-0.3, -0.25) is 4.98 Å². The second-order valence-electron chi connectivity index (χ2n) is 3.35. The van der Waals surface area contributed by atoms with Gasteiger partial charge in [0.05, 0.1) is 16.9 Å².